The molecule has 0 spiro atoms. The Morgan fingerprint density at radius 2 is 1.48 bits per heavy atom. The summed E-state index contributed by atoms with van der Waals surface area (Å²) in [4.78, 5) is 14.9. The molecule has 1 atom stereocenters. The van der Waals surface area contributed by atoms with Crippen molar-refractivity contribution < 1.29 is 17.9 Å². The van der Waals surface area contributed by atoms with Crippen molar-refractivity contribution in [2.45, 2.75) is 51.5 Å². The Hall–Kier alpha value is -2.38. The maximum atomic E-state index is 13.0. The van der Waals surface area contributed by atoms with E-state index in [4.69, 9.17) is 4.74 Å². The molecule has 2 aromatic carbocycles. The molecule has 1 unspecified atom stereocenters. The molecule has 1 heterocycles. The van der Waals surface area contributed by atoms with Gasteiger partial charge in [-0.25, -0.2) is 8.42 Å². The Balaban J connectivity index is 1.64. The van der Waals surface area contributed by atoms with Crippen molar-refractivity contribution in [2.75, 3.05) is 26.2 Å². The molecule has 0 aromatic heterocycles. The average Bonchev–Trinajstić information content (AvgIpc) is 2.73. The molecule has 168 valence electrons. The number of sulfonamides is 1. The van der Waals surface area contributed by atoms with Gasteiger partial charge in [0.15, 0.2) is 6.10 Å². The molecule has 1 saturated heterocycles. The number of carbonyl (C=O) groups excluding carboxylic acids is 1. The zero-order valence-corrected chi connectivity index (χ0v) is 19.8. The van der Waals surface area contributed by atoms with E-state index in [0.29, 0.717) is 13.1 Å². The van der Waals surface area contributed by atoms with Crippen molar-refractivity contribution in [1.29, 1.82) is 0 Å². The molecule has 0 aliphatic carbocycles. The van der Waals surface area contributed by atoms with Crippen LogP contribution in [0.4, 0.5) is 0 Å². The standard InChI is InChI=1S/C24H32N2O4S/c1-17(2)22-11-8-19(4)16-23(22)30-20(5)24(27)25-12-14-26(15-13-25)31(28,29)21-9-6-18(3)7-10-21/h6-11,16-17,20H,12-15H2,1-5H3. The van der Waals surface area contributed by atoms with Crippen molar-refractivity contribution in [3.05, 3.63) is 59.2 Å². The normalized spacial score (nSPS) is 16.4. The van der Waals surface area contributed by atoms with Crippen LogP contribution in [-0.2, 0) is 14.8 Å². The quantitative estimate of drug-likeness (QED) is 0.681. The van der Waals surface area contributed by atoms with Gasteiger partial charge < -0.3 is 9.64 Å². The smallest absolute Gasteiger partial charge is 0.263 e. The van der Waals surface area contributed by atoms with E-state index in [9.17, 15) is 13.2 Å². The summed E-state index contributed by atoms with van der Waals surface area (Å²) in [7, 11) is -3.55. The Bertz CT molecular complexity index is 1020. The summed E-state index contributed by atoms with van der Waals surface area (Å²) in [5.74, 6) is 0.897. The third-order valence-electron chi connectivity index (χ3n) is 5.65. The first-order valence-corrected chi connectivity index (χ1v) is 12.2. The molecule has 7 heteroatoms. The van der Waals surface area contributed by atoms with Gasteiger partial charge in [0, 0.05) is 26.2 Å². The molecule has 0 bridgehead atoms. The van der Waals surface area contributed by atoms with E-state index in [1.165, 1.54) is 4.31 Å². The van der Waals surface area contributed by atoms with Crippen LogP contribution in [0.5, 0.6) is 5.75 Å². The summed E-state index contributed by atoms with van der Waals surface area (Å²) < 4.78 is 33.3. The van der Waals surface area contributed by atoms with Gasteiger partial charge in [-0.05, 0) is 56.0 Å². The largest absolute Gasteiger partial charge is 0.481 e. The lowest BCUT2D eigenvalue weighted by atomic mass is 10.0. The lowest BCUT2D eigenvalue weighted by molar-refractivity contribution is -0.139. The van der Waals surface area contributed by atoms with E-state index < -0.39 is 16.1 Å². The number of amides is 1. The molecule has 1 aliphatic rings. The minimum Gasteiger partial charge on any atom is -0.481 e. The van der Waals surface area contributed by atoms with Gasteiger partial charge in [0.2, 0.25) is 10.0 Å². The van der Waals surface area contributed by atoms with Gasteiger partial charge in [0.25, 0.3) is 5.91 Å². The molecule has 0 saturated carbocycles. The number of hydrogen-bond acceptors (Lipinski definition) is 4. The average molecular weight is 445 g/mol. The fraction of sp³-hybridized carbons (Fsp3) is 0.458. The zero-order valence-electron chi connectivity index (χ0n) is 19.0. The summed E-state index contributed by atoms with van der Waals surface area (Å²) in [6.45, 7) is 11.1. The van der Waals surface area contributed by atoms with Crippen LogP contribution >= 0.6 is 0 Å². The number of nitrogens with zero attached hydrogens (tertiary/aromatic N) is 2. The van der Waals surface area contributed by atoms with Crippen LogP contribution in [0.3, 0.4) is 0 Å². The minimum absolute atomic E-state index is 0.122. The van der Waals surface area contributed by atoms with E-state index in [0.717, 1.165) is 22.4 Å². The predicted molar refractivity (Wildman–Crippen MR) is 122 cm³/mol. The summed E-state index contributed by atoms with van der Waals surface area (Å²) in [6.07, 6.45) is -0.639. The Kier molecular flexibility index (Phi) is 7.06. The topological polar surface area (TPSA) is 66.9 Å². The van der Waals surface area contributed by atoms with Gasteiger partial charge in [-0.2, -0.15) is 4.31 Å². The van der Waals surface area contributed by atoms with Gasteiger partial charge >= 0.3 is 0 Å². The van der Waals surface area contributed by atoms with Crippen LogP contribution in [0.25, 0.3) is 0 Å². The molecule has 1 fully saturated rings. The first-order chi connectivity index (χ1) is 14.6. The van der Waals surface area contributed by atoms with E-state index in [-0.39, 0.29) is 29.8 Å². The summed E-state index contributed by atoms with van der Waals surface area (Å²) >= 11 is 0. The first-order valence-electron chi connectivity index (χ1n) is 10.7. The third-order valence-corrected chi connectivity index (χ3v) is 7.56. The maximum Gasteiger partial charge on any atom is 0.263 e. The van der Waals surface area contributed by atoms with Crippen molar-refractivity contribution in [3.63, 3.8) is 0 Å². The second-order valence-corrected chi connectivity index (χ2v) is 10.4. The number of ether oxygens (including phenoxy) is 1. The van der Waals surface area contributed by atoms with Crippen LogP contribution in [0.15, 0.2) is 47.4 Å². The second-order valence-electron chi connectivity index (χ2n) is 8.50. The Labute approximate surface area is 185 Å². The molecule has 0 radical (unpaired) electrons. The van der Waals surface area contributed by atoms with Gasteiger partial charge in [-0.1, -0.05) is 43.7 Å². The van der Waals surface area contributed by atoms with E-state index in [1.54, 1.807) is 36.1 Å². The second kappa shape index (κ2) is 9.40. The molecule has 3 rings (SSSR count). The SMILES string of the molecule is Cc1ccc(S(=O)(=O)N2CCN(C(=O)C(C)Oc3cc(C)ccc3C(C)C)CC2)cc1. The highest BCUT2D eigenvalue weighted by Gasteiger charge is 2.32. The van der Waals surface area contributed by atoms with E-state index >= 15 is 0 Å². The van der Waals surface area contributed by atoms with Gasteiger partial charge in [-0.15, -0.1) is 0 Å². The summed E-state index contributed by atoms with van der Waals surface area (Å²) in [6, 6.07) is 12.9. The molecule has 31 heavy (non-hydrogen) atoms. The summed E-state index contributed by atoms with van der Waals surface area (Å²) in [5, 5.41) is 0. The third kappa shape index (κ3) is 5.28. The Morgan fingerprint density at radius 1 is 0.903 bits per heavy atom. The molecule has 1 amide bonds. The molecular formula is C24H32N2O4S. The fourth-order valence-electron chi connectivity index (χ4n) is 3.73. The fourth-order valence-corrected chi connectivity index (χ4v) is 5.15. The molecule has 1 aliphatic heterocycles. The first kappa shape index (κ1) is 23.3. The van der Waals surface area contributed by atoms with Crippen molar-refractivity contribution in [3.8, 4) is 5.75 Å². The number of rotatable bonds is 6. The molecule has 2 aromatic rings. The molecular weight excluding hydrogens is 412 g/mol. The van der Waals surface area contributed by atoms with Crippen molar-refractivity contribution in [1.82, 2.24) is 9.21 Å². The van der Waals surface area contributed by atoms with Crippen LogP contribution in [0.1, 0.15) is 43.4 Å². The Morgan fingerprint density at radius 3 is 2.06 bits per heavy atom. The minimum atomic E-state index is -3.55. The molecule has 0 N–H and O–H groups in total. The van der Waals surface area contributed by atoms with E-state index in [1.807, 2.05) is 32.0 Å². The van der Waals surface area contributed by atoms with Gasteiger partial charge in [-0.3, -0.25) is 4.79 Å². The number of carbonyl (C=O) groups is 1. The van der Waals surface area contributed by atoms with Crippen LogP contribution in [0.2, 0.25) is 0 Å². The van der Waals surface area contributed by atoms with Gasteiger partial charge in [0.05, 0.1) is 4.90 Å². The monoisotopic (exact) mass is 444 g/mol. The number of benzene rings is 2. The highest BCUT2D eigenvalue weighted by Crippen LogP contribution is 2.28. The predicted octanol–water partition coefficient (Wildman–Crippen LogP) is 3.73. The molecule has 6 nitrogen and oxygen atoms in total. The van der Waals surface area contributed by atoms with Crippen LogP contribution < -0.4 is 4.74 Å². The number of hydrogen-bond donors (Lipinski definition) is 0. The number of piperazine rings is 1. The maximum absolute atomic E-state index is 13.0. The summed E-state index contributed by atoms with van der Waals surface area (Å²) in [5.41, 5.74) is 3.16. The van der Waals surface area contributed by atoms with Crippen LogP contribution in [-0.4, -0.2) is 55.8 Å². The van der Waals surface area contributed by atoms with Crippen molar-refractivity contribution in [2.24, 2.45) is 0 Å². The zero-order chi connectivity index (χ0) is 22.8. The highest BCUT2D eigenvalue weighted by atomic mass is 32.2. The lowest BCUT2D eigenvalue weighted by Crippen LogP contribution is -2.53. The highest BCUT2D eigenvalue weighted by molar-refractivity contribution is 7.89. The van der Waals surface area contributed by atoms with E-state index in [2.05, 4.69) is 13.8 Å². The lowest BCUT2D eigenvalue weighted by Gasteiger charge is -2.35. The van der Waals surface area contributed by atoms with Crippen molar-refractivity contribution >= 4 is 15.9 Å². The number of aryl methyl sites for hydroxylation is 2. The van der Waals surface area contributed by atoms with Crippen LogP contribution in [0, 0.1) is 13.8 Å². The van der Waals surface area contributed by atoms with Gasteiger partial charge in [0.1, 0.15) is 5.75 Å².